The van der Waals surface area contributed by atoms with Crippen LogP contribution in [0, 0.1) is 0 Å². The van der Waals surface area contributed by atoms with Crippen LogP contribution in [0.15, 0.2) is 285 Å². The van der Waals surface area contributed by atoms with Gasteiger partial charge < -0.3 is 4.90 Å². The monoisotopic (exact) mass is 913 g/mol. The van der Waals surface area contributed by atoms with Gasteiger partial charge in [0, 0.05) is 16.9 Å². The topological polar surface area (TPSA) is 3.24 Å². The second-order valence-electron chi connectivity index (χ2n) is 19.1. The fourth-order valence-electron chi connectivity index (χ4n) is 12.1. The van der Waals surface area contributed by atoms with Gasteiger partial charge in [0.2, 0.25) is 0 Å². The van der Waals surface area contributed by atoms with Crippen LogP contribution in [0.5, 0.6) is 0 Å². The van der Waals surface area contributed by atoms with E-state index in [0.29, 0.717) is 0 Å². The molecule has 13 aromatic rings. The average Bonchev–Trinajstić information content (AvgIpc) is 3.76. The van der Waals surface area contributed by atoms with Crippen LogP contribution in [0.3, 0.4) is 0 Å². The number of rotatable bonds is 8. The summed E-state index contributed by atoms with van der Waals surface area (Å²) in [5.41, 5.74) is 17.6. The highest BCUT2D eigenvalue weighted by molar-refractivity contribution is 6.16. The van der Waals surface area contributed by atoms with Gasteiger partial charge in [-0.2, -0.15) is 0 Å². The van der Waals surface area contributed by atoms with E-state index in [2.05, 4.69) is 290 Å². The van der Waals surface area contributed by atoms with Crippen LogP contribution in [0.2, 0.25) is 0 Å². The molecule has 0 N–H and O–H groups in total. The average molecular weight is 914 g/mol. The van der Waals surface area contributed by atoms with E-state index in [4.69, 9.17) is 0 Å². The zero-order valence-corrected chi connectivity index (χ0v) is 39.6. The Labute approximate surface area is 420 Å². The number of hydrogen-bond donors (Lipinski definition) is 0. The zero-order valence-electron chi connectivity index (χ0n) is 39.6. The molecule has 13 aromatic carbocycles. The van der Waals surface area contributed by atoms with Crippen molar-refractivity contribution in [1.82, 2.24) is 0 Å². The summed E-state index contributed by atoms with van der Waals surface area (Å²) in [7, 11) is 0. The third kappa shape index (κ3) is 6.55. The molecule has 0 aromatic heterocycles. The first kappa shape index (κ1) is 41.7. The van der Waals surface area contributed by atoms with Crippen molar-refractivity contribution < 1.29 is 0 Å². The van der Waals surface area contributed by atoms with Crippen molar-refractivity contribution >= 4 is 60.2 Å². The van der Waals surface area contributed by atoms with Crippen molar-refractivity contribution in [1.29, 1.82) is 0 Å². The maximum Gasteiger partial charge on any atom is 0.0713 e. The van der Waals surface area contributed by atoms with Crippen LogP contribution in [0.4, 0.5) is 17.1 Å². The van der Waals surface area contributed by atoms with Gasteiger partial charge in [0.25, 0.3) is 0 Å². The summed E-state index contributed by atoms with van der Waals surface area (Å²) in [6.07, 6.45) is 0. The molecule has 0 bridgehead atoms. The van der Waals surface area contributed by atoms with E-state index in [1.165, 1.54) is 104 Å². The summed E-state index contributed by atoms with van der Waals surface area (Å²) >= 11 is 0. The van der Waals surface area contributed by atoms with Crippen LogP contribution in [-0.4, -0.2) is 0 Å². The summed E-state index contributed by atoms with van der Waals surface area (Å²) in [6, 6.07) is 106. The minimum atomic E-state index is -0.473. The van der Waals surface area contributed by atoms with Crippen molar-refractivity contribution in [3.05, 3.63) is 307 Å². The normalized spacial score (nSPS) is 12.6. The molecular weight excluding hydrogens is 867 g/mol. The molecule has 0 saturated carbocycles. The Morgan fingerprint density at radius 2 is 0.736 bits per heavy atom. The molecule has 72 heavy (non-hydrogen) atoms. The van der Waals surface area contributed by atoms with Gasteiger partial charge in [-0.1, -0.05) is 237 Å². The summed E-state index contributed by atoms with van der Waals surface area (Å²) in [4.78, 5) is 2.46. The highest BCUT2D eigenvalue weighted by atomic mass is 15.1. The lowest BCUT2D eigenvalue weighted by Gasteiger charge is -2.34. The highest BCUT2D eigenvalue weighted by Crippen LogP contribution is 2.57. The number of hydrogen-bond acceptors (Lipinski definition) is 1. The second-order valence-corrected chi connectivity index (χ2v) is 19.1. The SMILES string of the molecule is c1ccc(C2(c3ccccc3)c3ccccc3-c3ccc(-c4ccc(N(c5cccc(-c6cc7ccccc7c7ccccc67)c5)c5ccccc5-c5cc6ccccc6c6ccccc56)cc4)cc32)cc1. The maximum absolute atomic E-state index is 2.46. The number of fused-ring (bicyclic) bond motifs is 9. The van der Waals surface area contributed by atoms with Gasteiger partial charge in [-0.3, -0.25) is 0 Å². The summed E-state index contributed by atoms with van der Waals surface area (Å²) in [5.74, 6) is 0. The third-order valence-electron chi connectivity index (χ3n) is 15.3. The summed E-state index contributed by atoms with van der Waals surface area (Å²) in [6.45, 7) is 0. The number of nitrogens with zero attached hydrogens (tertiary/aromatic N) is 1. The molecule has 1 nitrogen and oxygen atoms in total. The Morgan fingerprint density at radius 3 is 1.40 bits per heavy atom. The van der Waals surface area contributed by atoms with E-state index in [1.54, 1.807) is 0 Å². The first-order valence-corrected chi connectivity index (χ1v) is 25.0. The standard InChI is InChI=1S/C71H47N/c1-3-23-53(24-4-1)71(54-25-5-2-6-26-54)68-36-17-15-34-63(68)64-43-40-49(47-69(64)71)48-38-41-55(42-39-48)72(56-27-19-22-50(44-56)66-45-51-20-7-9-28-57(51)59-30-11-13-32-61(59)66)70-37-18-16-35-65(70)67-46-52-21-8-10-29-58(52)60-31-12-14-33-62(60)67/h1-47H. The maximum atomic E-state index is 2.46. The van der Waals surface area contributed by atoms with Crippen molar-refractivity contribution in [3.8, 4) is 44.5 Å². The minimum Gasteiger partial charge on any atom is -0.310 e. The number of anilines is 3. The molecule has 0 spiro atoms. The largest absolute Gasteiger partial charge is 0.310 e. The Balaban J connectivity index is 0.955. The summed E-state index contributed by atoms with van der Waals surface area (Å²) in [5, 5.41) is 9.98. The van der Waals surface area contributed by atoms with Gasteiger partial charge in [-0.05, 0) is 153 Å². The van der Waals surface area contributed by atoms with Gasteiger partial charge in [0.05, 0.1) is 11.1 Å². The predicted molar refractivity (Wildman–Crippen MR) is 305 cm³/mol. The third-order valence-corrected chi connectivity index (χ3v) is 15.3. The lowest BCUT2D eigenvalue weighted by atomic mass is 9.67. The van der Waals surface area contributed by atoms with Gasteiger partial charge in [0.15, 0.2) is 0 Å². The molecule has 0 unspecified atom stereocenters. The molecule has 1 aliphatic carbocycles. The van der Waals surface area contributed by atoms with Gasteiger partial charge >= 0.3 is 0 Å². The molecule has 0 atom stereocenters. The molecule has 0 radical (unpaired) electrons. The van der Waals surface area contributed by atoms with E-state index in [0.717, 1.165) is 22.6 Å². The van der Waals surface area contributed by atoms with E-state index in [9.17, 15) is 0 Å². The van der Waals surface area contributed by atoms with Gasteiger partial charge in [0.1, 0.15) is 0 Å². The molecule has 0 heterocycles. The first-order chi connectivity index (χ1) is 35.7. The number of para-hydroxylation sites is 1. The van der Waals surface area contributed by atoms with Crippen LogP contribution in [0.25, 0.3) is 87.6 Å². The Kier molecular flexibility index (Phi) is 9.82. The Bertz CT molecular complexity index is 4170. The van der Waals surface area contributed by atoms with Crippen molar-refractivity contribution in [3.63, 3.8) is 0 Å². The molecule has 14 rings (SSSR count). The van der Waals surface area contributed by atoms with Gasteiger partial charge in [-0.15, -0.1) is 0 Å². The van der Waals surface area contributed by atoms with Crippen LogP contribution >= 0.6 is 0 Å². The second kappa shape index (κ2) is 17.0. The van der Waals surface area contributed by atoms with Crippen LogP contribution in [0.1, 0.15) is 22.3 Å². The molecule has 0 saturated heterocycles. The molecular formula is C71H47N. The fraction of sp³-hybridized carbons (Fsp3) is 0.0141. The van der Waals surface area contributed by atoms with Crippen molar-refractivity contribution in [2.24, 2.45) is 0 Å². The number of benzene rings is 13. The zero-order chi connectivity index (χ0) is 47.6. The molecule has 336 valence electrons. The predicted octanol–water partition coefficient (Wildman–Crippen LogP) is 19.1. The first-order valence-electron chi connectivity index (χ1n) is 25.0. The van der Waals surface area contributed by atoms with Crippen LogP contribution < -0.4 is 4.90 Å². The van der Waals surface area contributed by atoms with Gasteiger partial charge in [-0.25, -0.2) is 0 Å². The quantitative estimate of drug-likeness (QED) is 0.137. The molecule has 0 fully saturated rings. The van der Waals surface area contributed by atoms with E-state index < -0.39 is 5.41 Å². The van der Waals surface area contributed by atoms with E-state index in [1.807, 2.05) is 0 Å². The Hall–Kier alpha value is -9.30. The smallest absolute Gasteiger partial charge is 0.0713 e. The summed E-state index contributed by atoms with van der Waals surface area (Å²) < 4.78 is 0. The van der Waals surface area contributed by atoms with E-state index >= 15 is 0 Å². The minimum absolute atomic E-state index is 0.473. The Morgan fingerprint density at radius 1 is 0.236 bits per heavy atom. The van der Waals surface area contributed by atoms with Crippen LogP contribution in [-0.2, 0) is 5.41 Å². The molecule has 0 aliphatic heterocycles. The highest BCUT2D eigenvalue weighted by Gasteiger charge is 2.46. The lowest BCUT2D eigenvalue weighted by molar-refractivity contribution is 0.769. The molecule has 1 heteroatoms. The fourth-order valence-corrected chi connectivity index (χ4v) is 12.1. The molecule has 0 amide bonds. The van der Waals surface area contributed by atoms with Crippen molar-refractivity contribution in [2.45, 2.75) is 5.41 Å². The molecule has 1 aliphatic rings. The lowest BCUT2D eigenvalue weighted by Crippen LogP contribution is -2.28. The van der Waals surface area contributed by atoms with Crippen molar-refractivity contribution in [2.75, 3.05) is 4.90 Å². The van der Waals surface area contributed by atoms with E-state index in [-0.39, 0.29) is 0 Å².